The van der Waals surface area contributed by atoms with Crippen LogP contribution in [0.1, 0.15) is 44.2 Å². The predicted octanol–water partition coefficient (Wildman–Crippen LogP) is 5.28. The fourth-order valence-electron chi connectivity index (χ4n) is 3.55. The molecule has 1 aromatic heterocycles. The van der Waals surface area contributed by atoms with E-state index >= 15 is 0 Å². The van der Waals surface area contributed by atoms with Crippen molar-refractivity contribution in [1.29, 1.82) is 0 Å². The molecule has 1 aliphatic rings. The summed E-state index contributed by atoms with van der Waals surface area (Å²) in [5, 5.41) is 16.7. The zero-order valence-corrected chi connectivity index (χ0v) is 19.9. The Morgan fingerprint density at radius 3 is 2.50 bits per heavy atom. The Labute approximate surface area is 200 Å². The maximum absolute atomic E-state index is 13.2. The first kappa shape index (κ1) is 26.1. The van der Waals surface area contributed by atoms with Crippen molar-refractivity contribution in [2.45, 2.75) is 39.0 Å². The number of alkyl halides is 3. The highest BCUT2D eigenvalue weighted by Gasteiger charge is 2.42. The number of nitrogens with zero attached hydrogens (tertiary/aromatic N) is 1. The summed E-state index contributed by atoms with van der Waals surface area (Å²) in [6, 6.07) is 10.5. The number of thioether (sulfide) groups is 1. The summed E-state index contributed by atoms with van der Waals surface area (Å²) in [5.41, 5.74) is 0.846. The molecule has 6 nitrogen and oxygen atoms in total. The van der Waals surface area contributed by atoms with Gasteiger partial charge in [-0.3, -0.25) is 10.1 Å². The molecular weight excluding hydrogens is 467 g/mol. The maximum Gasteiger partial charge on any atom is 0.413 e. The number of carbonyl (C=O) groups excluding carboxylic acids is 1. The van der Waals surface area contributed by atoms with Crippen molar-refractivity contribution < 1.29 is 27.5 Å². The van der Waals surface area contributed by atoms with Gasteiger partial charge in [0.05, 0.1) is 29.5 Å². The number of aliphatic hydroxyl groups excluding tert-OH is 1. The molecule has 184 valence electrons. The number of benzene rings is 1. The number of amides is 1. The van der Waals surface area contributed by atoms with Gasteiger partial charge in [-0.15, -0.1) is 0 Å². The molecule has 0 spiro atoms. The van der Waals surface area contributed by atoms with Crippen LogP contribution in [-0.2, 0) is 4.79 Å². The number of aliphatic imine (C=N–C) groups is 1. The molecule has 4 atom stereocenters. The second-order valence-electron chi connectivity index (χ2n) is 8.16. The predicted molar refractivity (Wildman–Crippen MR) is 127 cm³/mol. The third kappa shape index (κ3) is 6.31. The van der Waals surface area contributed by atoms with Gasteiger partial charge in [-0.2, -0.15) is 13.2 Å². The molecular formula is C24H28F3N3O3S. The monoisotopic (exact) mass is 495 g/mol. The van der Waals surface area contributed by atoms with E-state index in [0.29, 0.717) is 16.5 Å². The Balaban J connectivity index is 1.69. The van der Waals surface area contributed by atoms with Crippen LogP contribution in [0.5, 0.6) is 0 Å². The Kier molecular flexibility index (Phi) is 8.62. The van der Waals surface area contributed by atoms with Gasteiger partial charge in [0.2, 0.25) is 5.91 Å². The van der Waals surface area contributed by atoms with E-state index in [1.54, 1.807) is 57.2 Å². The minimum absolute atomic E-state index is 0.0877. The molecule has 1 aromatic carbocycles. The molecule has 10 heteroatoms. The second-order valence-corrected chi connectivity index (χ2v) is 9.05. The molecule has 2 heterocycles. The van der Waals surface area contributed by atoms with Crippen molar-refractivity contribution in [3.63, 3.8) is 0 Å². The van der Waals surface area contributed by atoms with Crippen LogP contribution < -0.4 is 10.6 Å². The van der Waals surface area contributed by atoms with Crippen molar-refractivity contribution in [3.8, 4) is 0 Å². The number of allylic oxidation sites excluding steroid dienone is 1. The first-order valence-electron chi connectivity index (χ1n) is 10.9. The number of halogens is 3. The molecule has 34 heavy (non-hydrogen) atoms. The highest BCUT2D eigenvalue weighted by molar-refractivity contribution is 8.16. The summed E-state index contributed by atoms with van der Waals surface area (Å²) in [6.07, 6.45) is -3.41. The minimum Gasteiger partial charge on any atom is -0.466 e. The number of hydrogen-bond donors (Lipinski definition) is 3. The molecule has 1 aliphatic heterocycles. The third-order valence-corrected chi connectivity index (χ3v) is 6.94. The lowest BCUT2D eigenvalue weighted by molar-refractivity contribution is -0.123. The van der Waals surface area contributed by atoms with Gasteiger partial charge in [-0.1, -0.05) is 37.7 Å². The molecule has 2 aromatic rings. The lowest BCUT2D eigenvalue weighted by Gasteiger charge is -2.29. The molecule has 0 saturated heterocycles. The van der Waals surface area contributed by atoms with Crippen LogP contribution in [0.2, 0.25) is 0 Å². The third-order valence-electron chi connectivity index (χ3n) is 5.86. The number of carbonyl (C=O) groups is 1. The van der Waals surface area contributed by atoms with Gasteiger partial charge in [0.1, 0.15) is 11.9 Å². The van der Waals surface area contributed by atoms with Gasteiger partial charge in [0.25, 0.3) is 0 Å². The number of furan rings is 1. The van der Waals surface area contributed by atoms with Crippen molar-refractivity contribution in [3.05, 3.63) is 65.0 Å². The highest BCUT2D eigenvalue weighted by Crippen LogP contribution is 2.42. The SMILES string of the molecule is CC(C(=O)NC(NCCO)c1ccco1)c1ccc(N=C2SC=C(C(F)(F)F)C(C)C2C)cc1. The molecule has 0 fully saturated rings. The lowest BCUT2D eigenvalue weighted by atomic mass is 9.89. The van der Waals surface area contributed by atoms with Crippen molar-refractivity contribution in [2.75, 3.05) is 13.2 Å². The van der Waals surface area contributed by atoms with Crippen LogP contribution in [0.4, 0.5) is 18.9 Å². The molecule has 0 aliphatic carbocycles. The smallest absolute Gasteiger partial charge is 0.413 e. The summed E-state index contributed by atoms with van der Waals surface area (Å²) in [6.45, 7) is 5.27. The molecule has 0 bridgehead atoms. The van der Waals surface area contributed by atoms with Crippen LogP contribution in [0.25, 0.3) is 0 Å². The zero-order valence-electron chi connectivity index (χ0n) is 19.1. The van der Waals surface area contributed by atoms with Gasteiger partial charge in [-0.05, 0) is 48.1 Å². The van der Waals surface area contributed by atoms with E-state index in [4.69, 9.17) is 9.52 Å². The average Bonchev–Trinajstić information content (AvgIpc) is 3.33. The summed E-state index contributed by atoms with van der Waals surface area (Å²) < 4.78 is 44.8. The van der Waals surface area contributed by atoms with Gasteiger partial charge in [0, 0.05) is 18.0 Å². The summed E-state index contributed by atoms with van der Waals surface area (Å²) in [5.74, 6) is -1.22. The van der Waals surface area contributed by atoms with E-state index in [2.05, 4.69) is 15.6 Å². The van der Waals surface area contributed by atoms with E-state index in [1.165, 1.54) is 6.26 Å². The fraction of sp³-hybridized carbons (Fsp3) is 0.417. The lowest BCUT2D eigenvalue weighted by Crippen LogP contribution is -2.40. The van der Waals surface area contributed by atoms with Crippen molar-refractivity contribution in [2.24, 2.45) is 16.8 Å². The quantitative estimate of drug-likeness (QED) is 0.434. The van der Waals surface area contributed by atoms with Gasteiger partial charge in [-0.25, -0.2) is 4.99 Å². The number of hydrogen-bond acceptors (Lipinski definition) is 6. The van der Waals surface area contributed by atoms with Crippen molar-refractivity contribution >= 4 is 28.4 Å². The highest BCUT2D eigenvalue weighted by atomic mass is 32.2. The van der Waals surface area contributed by atoms with Crippen LogP contribution in [0.15, 0.2) is 63.1 Å². The van der Waals surface area contributed by atoms with E-state index < -0.39 is 29.8 Å². The summed E-state index contributed by atoms with van der Waals surface area (Å²) in [4.78, 5) is 17.4. The molecule has 0 saturated carbocycles. The summed E-state index contributed by atoms with van der Waals surface area (Å²) >= 11 is 1.00. The van der Waals surface area contributed by atoms with Crippen LogP contribution >= 0.6 is 11.8 Å². The Morgan fingerprint density at radius 1 is 1.21 bits per heavy atom. The number of rotatable bonds is 8. The topological polar surface area (TPSA) is 86.9 Å². The Morgan fingerprint density at radius 2 is 1.91 bits per heavy atom. The molecule has 3 rings (SSSR count). The first-order valence-corrected chi connectivity index (χ1v) is 11.8. The van der Waals surface area contributed by atoms with Crippen LogP contribution in [0.3, 0.4) is 0 Å². The molecule has 3 N–H and O–H groups in total. The Bertz CT molecular complexity index is 1020. The molecule has 0 radical (unpaired) electrons. The minimum atomic E-state index is -4.34. The fourth-order valence-corrected chi connectivity index (χ4v) is 4.72. The normalized spacial score (nSPS) is 21.7. The van der Waals surface area contributed by atoms with Crippen LogP contribution in [0, 0.1) is 11.8 Å². The largest absolute Gasteiger partial charge is 0.466 e. The van der Waals surface area contributed by atoms with Crippen LogP contribution in [-0.4, -0.2) is 35.4 Å². The van der Waals surface area contributed by atoms with E-state index in [-0.39, 0.29) is 25.0 Å². The molecule has 4 unspecified atom stereocenters. The Hall–Kier alpha value is -2.56. The van der Waals surface area contributed by atoms with Gasteiger partial charge in [0.15, 0.2) is 0 Å². The molecule has 1 amide bonds. The first-order chi connectivity index (χ1) is 16.1. The van der Waals surface area contributed by atoms with Gasteiger partial charge >= 0.3 is 6.18 Å². The van der Waals surface area contributed by atoms with Gasteiger partial charge < -0.3 is 14.8 Å². The summed E-state index contributed by atoms with van der Waals surface area (Å²) in [7, 11) is 0. The van der Waals surface area contributed by atoms with E-state index in [9.17, 15) is 18.0 Å². The zero-order chi connectivity index (χ0) is 24.9. The number of aliphatic hydroxyl groups is 1. The van der Waals surface area contributed by atoms with E-state index in [0.717, 1.165) is 22.7 Å². The maximum atomic E-state index is 13.2. The second kappa shape index (κ2) is 11.2. The van der Waals surface area contributed by atoms with E-state index in [1.807, 2.05) is 0 Å². The standard InChI is InChI=1S/C24H28F3N3O3S/c1-14-15(2)23(34-13-19(14)24(25,26)27)29-18-8-6-17(7-9-18)16(3)22(32)30-21(28-10-11-31)20-5-4-12-33-20/h4-9,12-16,21,28,31H,10-11H2,1-3H3,(H,30,32). The number of nitrogens with one attached hydrogen (secondary N) is 2. The average molecular weight is 496 g/mol. The van der Waals surface area contributed by atoms with Crippen molar-refractivity contribution in [1.82, 2.24) is 10.6 Å².